The van der Waals surface area contributed by atoms with Crippen molar-refractivity contribution in [3.05, 3.63) is 113 Å². The molecule has 0 unspecified atom stereocenters. The van der Waals surface area contributed by atoms with E-state index in [-0.39, 0.29) is 22.9 Å². The summed E-state index contributed by atoms with van der Waals surface area (Å²) in [6.07, 6.45) is 0. The van der Waals surface area contributed by atoms with E-state index in [1.807, 2.05) is 30.3 Å². The third-order valence-electron chi connectivity index (χ3n) is 5.10. The van der Waals surface area contributed by atoms with Crippen molar-refractivity contribution >= 4 is 51.5 Å². The van der Waals surface area contributed by atoms with Gasteiger partial charge < -0.3 is 5.32 Å². The Hall–Kier alpha value is -3.95. The molecule has 0 saturated carbocycles. The number of nitro groups is 1. The van der Waals surface area contributed by atoms with Gasteiger partial charge in [0.15, 0.2) is 0 Å². The molecule has 9 nitrogen and oxygen atoms in total. The SMILES string of the molecule is O=C(Cn1c(=O)c(=O)n(Cc2ccccc2)c2ccc(Cl)cc21)Nc1ccc(Cl)c([N+](=O)[O-])c1. The van der Waals surface area contributed by atoms with Crippen LogP contribution in [-0.2, 0) is 17.9 Å². The fourth-order valence-electron chi connectivity index (χ4n) is 3.55. The van der Waals surface area contributed by atoms with E-state index in [9.17, 15) is 24.5 Å². The molecule has 0 atom stereocenters. The Bertz CT molecular complexity index is 1550. The van der Waals surface area contributed by atoms with Gasteiger partial charge in [-0.15, -0.1) is 0 Å². The van der Waals surface area contributed by atoms with Crippen molar-refractivity contribution in [2.45, 2.75) is 13.1 Å². The summed E-state index contributed by atoms with van der Waals surface area (Å²) in [6, 6.07) is 17.6. The lowest BCUT2D eigenvalue weighted by molar-refractivity contribution is -0.384. The molecule has 172 valence electrons. The van der Waals surface area contributed by atoms with Gasteiger partial charge in [0.05, 0.1) is 22.5 Å². The summed E-state index contributed by atoms with van der Waals surface area (Å²) in [7, 11) is 0. The molecule has 1 N–H and O–H groups in total. The second kappa shape index (κ2) is 9.50. The number of hydrogen-bond donors (Lipinski definition) is 1. The van der Waals surface area contributed by atoms with Gasteiger partial charge in [0.1, 0.15) is 11.6 Å². The number of fused-ring (bicyclic) bond motifs is 1. The van der Waals surface area contributed by atoms with E-state index in [1.165, 1.54) is 22.8 Å². The average Bonchev–Trinajstić information content (AvgIpc) is 2.81. The molecule has 0 fully saturated rings. The van der Waals surface area contributed by atoms with E-state index in [2.05, 4.69) is 5.32 Å². The first-order valence-corrected chi connectivity index (χ1v) is 10.7. The molecule has 4 aromatic rings. The second-order valence-electron chi connectivity index (χ2n) is 7.37. The normalized spacial score (nSPS) is 10.9. The van der Waals surface area contributed by atoms with Crippen LogP contribution in [0.5, 0.6) is 0 Å². The summed E-state index contributed by atoms with van der Waals surface area (Å²) in [4.78, 5) is 49.1. The maximum absolute atomic E-state index is 13.0. The van der Waals surface area contributed by atoms with Crippen LogP contribution in [-0.4, -0.2) is 20.0 Å². The number of nitrogens with one attached hydrogen (secondary N) is 1. The summed E-state index contributed by atoms with van der Waals surface area (Å²) in [6.45, 7) is -0.345. The van der Waals surface area contributed by atoms with Crippen molar-refractivity contribution in [3.63, 3.8) is 0 Å². The van der Waals surface area contributed by atoms with Gasteiger partial charge in [0.25, 0.3) is 5.69 Å². The molecule has 0 aliphatic rings. The molecule has 0 aliphatic carbocycles. The number of aromatic nitrogens is 2. The minimum atomic E-state index is -0.900. The lowest BCUT2D eigenvalue weighted by atomic mass is 10.2. The Morgan fingerprint density at radius 2 is 1.62 bits per heavy atom. The predicted molar refractivity (Wildman–Crippen MR) is 130 cm³/mol. The zero-order valence-electron chi connectivity index (χ0n) is 17.4. The number of carbonyl (C=O) groups excluding carboxylic acids is 1. The average molecular weight is 499 g/mol. The van der Waals surface area contributed by atoms with E-state index in [0.717, 1.165) is 16.2 Å². The lowest BCUT2D eigenvalue weighted by Crippen LogP contribution is -2.43. The van der Waals surface area contributed by atoms with Gasteiger partial charge in [-0.25, -0.2) is 0 Å². The van der Waals surface area contributed by atoms with E-state index in [1.54, 1.807) is 12.1 Å². The van der Waals surface area contributed by atoms with Crippen LogP contribution in [0.2, 0.25) is 10.0 Å². The first kappa shape index (κ1) is 23.2. The first-order chi connectivity index (χ1) is 16.2. The predicted octanol–water partition coefficient (Wildman–Crippen LogP) is 4.07. The number of rotatable bonds is 6. The van der Waals surface area contributed by atoms with Gasteiger partial charge in [0, 0.05) is 16.8 Å². The number of amides is 1. The van der Waals surface area contributed by atoms with Gasteiger partial charge in [-0.1, -0.05) is 53.5 Å². The minimum Gasteiger partial charge on any atom is -0.324 e. The van der Waals surface area contributed by atoms with Crippen molar-refractivity contribution in [2.24, 2.45) is 0 Å². The molecule has 0 saturated heterocycles. The van der Waals surface area contributed by atoms with Crippen LogP contribution in [0, 0.1) is 10.1 Å². The highest BCUT2D eigenvalue weighted by molar-refractivity contribution is 6.32. The second-order valence-corrected chi connectivity index (χ2v) is 8.22. The molecule has 1 amide bonds. The third kappa shape index (κ3) is 4.70. The standard InChI is InChI=1S/C23H16Cl2N4O5/c24-15-6-9-18-20(10-15)28(23(32)22(31)27(18)12-14-4-2-1-3-5-14)13-21(30)26-16-7-8-17(25)19(11-16)29(33)34/h1-11H,12-13H2,(H,26,30). The largest absolute Gasteiger partial charge is 0.324 e. The molecule has 0 aliphatic heterocycles. The molecule has 11 heteroatoms. The van der Waals surface area contributed by atoms with Crippen LogP contribution in [0.25, 0.3) is 11.0 Å². The maximum atomic E-state index is 13.0. The van der Waals surface area contributed by atoms with Crippen molar-refractivity contribution in [3.8, 4) is 0 Å². The van der Waals surface area contributed by atoms with E-state index in [4.69, 9.17) is 23.2 Å². The minimum absolute atomic E-state index is 0.0816. The van der Waals surface area contributed by atoms with Gasteiger partial charge in [-0.3, -0.25) is 33.6 Å². The number of nitrogens with zero attached hydrogens (tertiary/aromatic N) is 3. The van der Waals surface area contributed by atoms with Crippen LogP contribution in [0.15, 0.2) is 76.3 Å². The molecule has 1 aromatic heterocycles. The molecular formula is C23H16Cl2N4O5. The third-order valence-corrected chi connectivity index (χ3v) is 5.66. The van der Waals surface area contributed by atoms with Gasteiger partial charge in [-0.2, -0.15) is 0 Å². The summed E-state index contributed by atoms with van der Waals surface area (Å²) in [5, 5.41) is 13.8. The Morgan fingerprint density at radius 3 is 2.32 bits per heavy atom. The van der Waals surface area contributed by atoms with Gasteiger partial charge >= 0.3 is 11.1 Å². The van der Waals surface area contributed by atoms with E-state index >= 15 is 0 Å². The lowest BCUT2D eigenvalue weighted by Gasteiger charge is -2.15. The molecule has 1 heterocycles. The monoisotopic (exact) mass is 498 g/mol. The topological polar surface area (TPSA) is 116 Å². The highest BCUT2D eigenvalue weighted by Gasteiger charge is 2.18. The Balaban J connectivity index is 1.73. The molecular weight excluding hydrogens is 483 g/mol. The molecule has 34 heavy (non-hydrogen) atoms. The van der Waals surface area contributed by atoms with Gasteiger partial charge in [0.2, 0.25) is 5.91 Å². The zero-order chi connectivity index (χ0) is 24.4. The van der Waals surface area contributed by atoms with Crippen LogP contribution in [0.3, 0.4) is 0 Å². The molecule has 4 rings (SSSR count). The Kier molecular flexibility index (Phi) is 6.49. The first-order valence-electron chi connectivity index (χ1n) is 9.95. The highest BCUT2D eigenvalue weighted by atomic mass is 35.5. The smallest absolute Gasteiger partial charge is 0.317 e. The number of halogens is 2. The Labute approximate surface area is 201 Å². The van der Waals surface area contributed by atoms with Crippen molar-refractivity contribution < 1.29 is 9.72 Å². The fourth-order valence-corrected chi connectivity index (χ4v) is 3.90. The van der Waals surface area contributed by atoms with Crippen LogP contribution >= 0.6 is 23.2 Å². The number of anilines is 1. The maximum Gasteiger partial charge on any atom is 0.317 e. The summed E-state index contributed by atoms with van der Waals surface area (Å²) in [5.41, 5.74) is -0.416. The molecule has 0 radical (unpaired) electrons. The van der Waals surface area contributed by atoms with Crippen LogP contribution in [0.1, 0.15) is 5.56 Å². The van der Waals surface area contributed by atoms with Crippen molar-refractivity contribution in [1.82, 2.24) is 9.13 Å². The molecule has 0 spiro atoms. The number of carbonyl (C=O) groups is 1. The summed E-state index contributed by atoms with van der Waals surface area (Å²) in [5.74, 6) is -0.666. The Morgan fingerprint density at radius 1 is 0.912 bits per heavy atom. The van der Waals surface area contributed by atoms with Crippen LogP contribution < -0.4 is 16.4 Å². The van der Waals surface area contributed by atoms with Crippen molar-refractivity contribution in [2.75, 3.05) is 5.32 Å². The van der Waals surface area contributed by atoms with Crippen molar-refractivity contribution in [1.29, 1.82) is 0 Å². The van der Waals surface area contributed by atoms with Gasteiger partial charge in [-0.05, 0) is 35.9 Å². The van der Waals surface area contributed by atoms with E-state index < -0.39 is 28.5 Å². The van der Waals surface area contributed by atoms with Crippen LogP contribution in [0.4, 0.5) is 11.4 Å². The quantitative estimate of drug-likeness (QED) is 0.244. The number of nitro benzene ring substituents is 1. The molecule has 3 aromatic carbocycles. The summed E-state index contributed by atoms with van der Waals surface area (Å²) < 4.78 is 2.37. The van der Waals surface area contributed by atoms with E-state index in [0.29, 0.717) is 16.1 Å². The number of benzene rings is 3. The fraction of sp³-hybridized carbons (Fsp3) is 0.0870. The highest BCUT2D eigenvalue weighted by Crippen LogP contribution is 2.27. The molecule has 0 bridgehead atoms. The zero-order valence-corrected chi connectivity index (χ0v) is 18.9. The summed E-state index contributed by atoms with van der Waals surface area (Å²) >= 11 is 11.9. The number of hydrogen-bond acceptors (Lipinski definition) is 5.